The highest BCUT2D eigenvalue weighted by Crippen LogP contribution is 2.64. The van der Waals surface area contributed by atoms with Gasteiger partial charge in [0, 0.05) is 34.8 Å². The number of methoxy groups -OCH3 is 4. The first-order chi connectivity index (χ1) is 22.3. The standard InChI is InChI=1S/C38H26O8/c1-7-17-23-25(29-21-15-11-9-13-19(21)27(23)31(35(39)43-3)33(29)37(41)45-5)18(8-2)26-24(17)28-20-14-10-12-16-22(20)30(26)34(38(42)46-6)32(28)36(40)44-4/h1-2,9-16,27-30H,3-6H3. The minimum Gasteiger partial charge on any atom is -0.466 e. The highest BCUT2D eigenvalue weighted by atomic mass is 16.5. The van der Waals surface area contributed by atoms with E-state index < -0.39 is 47.5 Å². The molecule has 4 bridgehead atoms. The molecule has 3 aromatic rings. The van der Waals surface area contributed by atoms with E-state index >= 15 is 0 Å². The summed E-state index contributed by atoms with van der Waals surface area (Å²) in [5.41, 5.74) is 6.73. The molecule has 46 heavy (non-hydrogen) atoms. The Morgan fingerprint density at radius 1 is 0.478 bits per heavy atom. The van der Waals surface area contributed by atoms with E-state index in [0.29, 0.717) is 33.4 Å². The lowest BCUT2D eigenvalue weighted by Crippen LogP contribution is -2.40. The third kappa shape index (κ3) is 3.41. The summed E-state index contributed by atoms with van der Waals surface area (Å²) in [6, 6.07) is 14.9. The summed E-state index contributed by atoms with van der Waals surface area (Å²) >= 11 is 0. The second-order valence-corrected chi connectivity index (χ2v) is 11.3. The Labute approximate surface area is 265 Å². The molecule has 0 saturated heterocycles. The molecule has 226 valence electrons. The number of terminal acetylenes is 2. The number of rotatable bonds is 4. The van der Waals surface area contributed by atoms with Gasteiger partial charge in [-0.3, -0.25) is 0 Å². The lowest BCUT2D eigenvalue weighted by atomic mass is 9.53. The molecule has 0 aromatic heterocycles. The average Bonchev–Trinajstić information content (AvgIpc) is 3.11. The van der Waals surface area contributed by atoms with Crippen LogP contribution >= 0.6 is 0 Å². The number of ether oxygens (including phenoxy) is 4. The maximum atomic E-state index is 13.6. The van der Waals surface area contributed by atoms with Crippen LogP contribution in [0.2, 0.25) is 0 Å². The molecule has 0 aliphatic heterocycles. The van der Waals surface area contributed by atoms with E-state index in [4.69, 9.17) is 31.8 Å². The van der Waals surface area contributed by atoms with Crippen LogP contribution in [0.1, 0.15) is 79.3 Å². The lowest BCUT2D eigenvalue weighted by Gasteiger charge is -2.48. The molecule has 0 fully saturated rings. The Hall–Kier alpha value is -5.86. The predicted molar refractivity (Wildman–Crippen MR) is 165 cm³/mol. The Kier molecular flexibility index (Phi) is 6.50. The number of hydrogen-bond donors (Lipinski definition) is 0. The van der Waals surface area contributed by atoms with E-state index in [0.717, 1.165) is 22.3 Å². The monoisotopic (exact) mass is 610 g/mol. The van der Waals surface area contributed by atoms with E-state index in [1.165, 1.54) is 28.4 Å². The van der Waals surface area contributed by atoms with Crippen molar-refractivity contribution in [1.82, 2.24) is 0 Å². The summed E-state index contributed by atoms with van der Waals surface area (Å²) in [7, 11) is 5.00. The van der Waals surface area contributed by atoms with Crippen LogP contribution < -0.4 is 0 Å². The number of carbonyl (C=O) groups is 4. The van der Waals surface area contributed by atoms with Crippen molar-refractivity contribution in [3.8, 4) is 24.7 Å². The van der Waals surface area contributed by atoms with E-state index in [1.807, 2.05) is 48.5 Å². The molecule has 4 atom stereocenters. The van der Waals surface area contributed by atoms with Crippen molar-refractivity contribution in [2.24, 2.45) is 0 Å². The lowest BCUT2D eigenvalue weighted by molar-refractivity contribution is -0.140. The summed E-state index contributed by atoms with van der Waals surface area (Å²) in [4.78, 5) is 54.3. The van der Waals surface area contributed by atoms with E-state index in [2.05, 4.69) is 11.8 Å². The van der Waals surface area contributed by atoms with Crippen molar-refractivity contribution >= 4 is 23.9 Å². The number of carbonyl (C=O) groups excluding carboxylic acids is 4. The maximum absolute atomic E-state index is 13.6. The molecule has 0 radical (unpaired) electrons. The molecule has 3 aromatic carbocycles. The summed E-state index contributed by atoms with van der Waals surface area (Å²) < 4.78 is 20.9. The van der Waals surface area contributed by atoms with Crippen LogP contribution in [-0.2, 0) is 38.1 Å². The molecule has 0 amide bonds. The molecule has 0 saturated carbocycles. The van der Waals surface area contributed by atoms with Gasteiger partial charge in [0.2, 0.25) is 0 Å². The predicted octanol–water partition coefficient (Wildman–Crippen LogP) is 4.12. The first-order valence-corrected chi connectivity index (χ1v) is 14.5. The molecule has 8 heteroatoms. The zero-order valence-electron chi connectivity index (χ0n) is 25.3. The van der Waals surface area contributed by atoms with Gasteiger partial charge in [-0.15, -0.1) is 12.8 Å². The Morgan fingerprint density at radius 3 is 0.870 bits per heavy atom. The summed E-state index contributed by atoms with van der Waals surface area (Å²) in [6.45, 7) is 0. The van der Waals surface area contributed by atoms with Gasteiger partial charge >= 0.3 is 23.9 Å². The normalized spacial score (nSPS) is 20.7. The van der Waals surface area contributed by atoms with Crippen molar-refractivity contribution in [2.75, 3.05) is 28.4 Å². The van der Waals surface area contributed by atoms with E-state index in [9.17, 15) is 19.2 Å². The van der Waals surface area contributed by atoms with Gasteiger partial charge < -0.3 is 18.9 Å². The van der Waals surface area contributed by atoms with Gasteiger partial charge in [-0.25, -0.2) is 19.2 Å². The quantitative estimate of drug-likeness (QED) is 0.247. The molecule has 6 aliphatic carbocycles. The van der Waals surface area contributed by atoms with Crippen LogP contribution in [0.25, 0.3) is 0 Å². The average molecular weight is 611 g/mol. The Balaban J connectivity index is 1.69. The fourth-order valence-electron chi connectivity index (χ4n) is 8.21. The first-order valence-electron chi connectivity index (χ1n) is 14.5. The van der Waals surface area contributed by atoms with Gasteiger partial charge in [-0.2, -0.15) is 0 Å². The maximum Gasteiger partial charge on any atom is 0.335 e. The molecule has 9 rings (SSSR count). The van der Waals surface area contributed by atoms with Gasteiger partial charge in [0.1, 0.15) is 0 Å². The SMILES string of the molecule is C#Cc1c2c(c(C#C)c3c1C1C(C(=O)OC)=C(C(=O)OC)C3c3ccccc31)C1C(C(=O)OC)=C(C(=O)OC)C2c2ccccc21. The molecule has 0 N–H and O–H groups in total. The molecule has 0 heterocycles. The highest BCUT2D eigenvalue weighted by Gasteiger charge is 2.56. The van der Waals surface area contributed by atoms with Crippen LogP contribution in [0.5, 0.6) is 0 Å². The van der Waals surface area contributed by atoms with Crippen LogP contribution in [0.15, 0.2) is 70.8 Å². The fourth-order valence-corrected chi connectivity index (χ4v) is 8.21. The number of esters is 4. The second-order valence-electron chi connectivity index (χ2n) is 11.3. The molecule has 6 aliphatic rings. The van der Waals surface area contributed by atoms with Crippen LogP contribution in [0.3, 0.4) is 0 Å². The number of benzene rings is 3. The summed E-state index contributed by atoms with van der Waals surface area (Å²) in [5.74, 6) is -0.353. The van der Waals surface area contributed by atoms with Gasteiger partial charge in [-0.05, 0) is 44.5 Å². The third-order valence-electron chi connectivity index (χ3n) is 9.69. The second kappa shape index (κ2) is 10.4. The molecular weight excluding hydrogens is 584 g/mol. The third-order valence-corrected chi connectivity index (χ3v) is 9.69. The van der Waals surface area contributed by atoms with Crippen molar-refractivity contribution in [3.05, 3.63) is 126 Å². The Morgan fingerprint density at radius 2 is 0.696 bits per heavy atom. The molecule has 4 unspecified atom stereocenters. The number of hydrogen-bond acceptors (Lipinski definition) is 8. The van der Waals surface area contributed by atoms with Crippen LogP contribution in [0.4, 0.5) is 0 Å². The Bertz CT molecular complexity index is 1830. The zero-order valence-corrected chi connectivity index (χ0v) is 25.3. The fraction of sp³-hybridized carbons (Fsp3) is 0.211. The minimum atomic E-state index is -0.831. The van der Waals surface area contributed by atoms with Gasteiger partial charge in [0.05, 0.1) is 50.7 Å². The summed E-state index contributed by atoms with van der Waals surface area (Å²) in [6.07, 6.45) is 12.8. The molecular formula is C38H26O8. The topological polar surface area (TPSA) is 105 Å². The smallest absolute Gasteiger partial charge is 0.335 e. The highest BCUT2D eigenvalue weighted by molar-refractivity contribution is 6.09. The largest absolute Gasteiger partial charge is 0.466 e. The zero-order chi connectivity index (χ0) is 32.6. The van der Waals surface area contributed by atoms with Gasteiger partial charge in [-0.1, -0.05) is 60.4 Å². The van der Waals surface area contributed by atoms with Gasteiger partial charge in [0.25, 0.3) is 0 Å². The van der Waals surface area contributed by atoms with Crippen LogP contribution in [0, 0.1) is 24.7 Å². The van der Waals surface area contributed by atoms with Crippen molar-refractivity contribution in [2.45, 2.75) is 23.7 Å². The molecule has 8 nitrogen and oxygen atoms in total. The molecule has 0 spiro atoms. The first kappa shape index (κ1) is 28.9. The van der Waals surface area contributed by atoms with E-state index in [-0.39, 0.29) is 22.3 Å². The van der Waals surface area contributed by atoms with Crippen LogP contribution in [-0.4, -0.2) is 52.3 Å². The van der Waals surface area contributed by atoms with Crippen molar-refractivity contribution in [1.29, 1.82) is 0 Å². The van der Waals surface area contributed by atoms with Crippen molar-refractivity contribution in [3.63, 3.8) is 0 Å². The minimum absolute atomic E-state index is 0.116. The summed E-state index contributed by atoms with van der Waals surface area (Å²) in [5, 5.41) is 0. The van der Waals surface area contributed by atoms with Gasteiger partial charge in [0.15, 0.2) is 0 Å². The van der Waals surface area contributed by atoms with E-state index in [1.54, 1.807) is 0 Å². The van der Waals surface area contributed by atoms with Crippen molar-refractivity contribution < 1.29 is 38.1 Å².